The lowest BCUT2D eigenvalue weighted by Gasteiger charge is -2.25. The molecule has 0 atom stereocenters. The van der Waals surface area contributed by atoms with Gasteiger partial charge in [0, 0.05) is 27.4 Å². The number of unbranched alkanes of at least 4 members (excludes halogenated alkanes) is 9. The molecule has 0 radical (unpaired) electrons. The first-order valence-corrected chi connectivity index (χ1v) is 11.9. The van der Waals surface area contributed by atoms with Crippen LogP contribution in [0.1, 0.15) is 77.6 Å². The van der Waals surface area contributed by atoms with Gasteiger partial charge in [0.25, 0.3) is 0 Å². The van der Waals surface area contributed by atoms with Gasteiger partial charge in [-0.1, -0.05) is 64.7 Å². The van der Waals surface area contributed by atoms with E-state index in [9.17, 15) is 0 Å². The van der Waals surface area contributed by atoms with Crippen LogP contribution in [0.25, 0.3) is 0 Å². The average molecular weight is 362 g/mol. The summed E-state index contributed by atoms with van der Waals surface area (Å²) >= 11 is 0. The van der Waals surface area contributed by atoms with Crippen molar-refractivity contribution >= 4 is 8.80 Å². The van der Waals surface area contributed by atoms with Crippen molar-refractivity contribution in [1.82, 2.24) is 4.90 Å². The van der Waals surface area contributed by atoms with E-state index < -0.39 is 8.80 Å². The first-order chi connectivity index (χ1) is 11.6. The SMILES string of the molecule is CCCCCCCCCCCCN(C)CCC[Si](OC)(OC)OC. The molecule has 0 unspecified atom stereocenters. The van der Waals surface area contributed by atoms with Gasteiger partial charge < -0.3 is 18.2 Å². The molecule has 0 aliphatic carbocycles. The van der Waals surface area contributed by atoms with Crippen LogP contribution in [-0.4, -0.2) is 55.2 Å². The van der Waals surface area contributed by atoms with Crippen LogP contribution in [-0.2, 0) is 13.3 Å². The van der Waals surface area contributed by atoms with Crippen molar-refractivity contribution in [1.29, 1.82) is 0 Å². The zero-order chi connectivity index (χ0) is 18.1. The van der Waals surface area contributed by atoms with Gasteiger partial charge in [-0.05, 0) is 33.0 Å². The Morgan fingerprint density at radius 2 is 1.04 bits per heavy atom. The molecule has 0 saturated carbocycles. The number of hydrogen-bond acceptors (Lipinski definition) is 4. The van der Waals surface area contributed by atoms with Gasteiger partial charge in [-0.15, -0.1) is 0 Å². The molecule has 0 rings (SSSR count). The maximum Gasteiger partial charge on any atom is 0.500 e. The van der Waals surface area contributed by atoms with Crippen molar-refractivity contribution < 1.29 is 13.3 Å². The summed E-state index contributed by atoms with van der Waals surface area (Å²) < 4.78 is 16.4. The van der Waals surface area contributed by atoms with Crippen molar-refractivity contribution in [2.24, 2.45) is 0 Å². The van der Waals surface area contributed by atoms with E-state index in [2.05, 4.69) is 18.9 Å². The van der Waals surface area contributed by atoms with E-state index in [1.165, 1.54) is 70.8 Å². The Hall–Kier alpha value is 0.0569. The monoisotopic (exact) mass is 361 g/mol. The summed E-state index contributed by atoms with van der Waals surface area (Å²) in [6, 6.07) is 0.888. The molecule has 0 bridgehead atoms. The number of nitrogens with zero attached hydrogens (tertiary/aromatic N) is 1. The molecule has 5 heteroatoms. The van der Waals surface area contributed by atoms with Crippen molar-refractivity contribution in [2.45, 2.75) is 83.6 Å². The molecule has 0 aliphatic heterocycles. The van der Waals surface area contributed by atoms with E-state index in [4.69, 9.17) is 13.3 Å². The van der Waals surface area contributed by atoms with Gasteiger partial charge in [0.05, 0.1) is 0 Å². The minimum Gasteiger partial charge on any atom is -0.377 e. The molecule has 24 heavy (non-hydrogen) atoms. The third-order valence-electron chi connectivity index (χ3n) is 4.85. The minimum atomic E-state index is -2.38. The topological polar surface area (TPSA) is 30.9 Å². The van der Waals surface area contributed by atoms with Gasteiger partial charge in [-0.2, -0.15) is 0 Å². The molecule has 0 aliphatic rings. The lowest BCUT2D eigenvalue weighted by atomic mass is 10.1. The van der Waals surface area contributed by atoms with Crippen LogP contribution in [0.5, 0.6) is 0 Å². The van der Waals surface area contributed by atoms with E-state index in [0.717, 1.165) is 19.0 Å². The largest absolute Gasteiger partial charge is 0.500 e. The Morgan fingerprint density at radius 1 is 0.625 bits per heavy atom. The lowest BCUT2D eigenvalue weighted by molar-refractivity contribution is 0.122. The van der Waals surface area contributed by atoms with Gasteiger partial charge in [0.1, 0.15) is 0 Å². The molecule has 146 valence electrons. The minimum absolute atomic E-state index is 0.888. The molecule has 0 saturated heterocycles. The second-order valence-corrected chi connectivity index (χ2v) is 9.97. The Bertz CT molecular complexity index is 255. The van der Waals surface area contributed by atoms with Crippen LogP contribution in [0, 0.1) is 0 Å². The third-order valence-corrected chi connectivity index (χ3v) is 7.68. The van der Waals surface area contributed by atoms with E-state index in [-0.39, 0.29) is 0 Å². The predicted molar refractivity (Wildman–Crippen MR) is 106 cm³/mol. The van der Waals surface area contributed by atoms with E-state index in [1.807, 2.05) is 0 Å². The highest BCUT2D eigenvalue weighted by Gasteiger charge is 2.36. The number of hydrogen-bond donors (Lipinski definition) is 0. The molecule has 0 amide bonds. The highest BCUT2D eigenvalue weighted by Crippen LogP contribution is 2.15. The molecule has 0 aromatic heterocycles. The molecule has 0 N–H and O–H groups in total. The first kappa shape index (κ1) is 24.1. The van der Waals surface area contributed by atoms with Crippen molar-refractivity contribution in [3.8, 4) is 0 Å². The molecule has 4 nitrogen and oxygen atoms in total. The predicted octanol–water partition coefficient (Wildman–Crippen LogP) is 5.11. The van der Waals surface area contributed by atoms with E-state index in [1.54, 1.807) is 21.3 Å². The van der Waals surface area contributed by atoms with Crippen LogP contribution >= 0.6 is 0 Å². The molecule has 0 spiro atoms. The van der Waals surface area contributed by atoms with Crippen LogP contribution in [0.3, 0.4) is 0 Å². The molecular weight excluding hydrogens is 318 g/mol. The third kappa shape index (κ3) is 12.4. The highest BCUT2D eigenvalue weighted by molar-refractivity contribution is 6.60. The van der Waals surface area contributed by atoms with E-state index >= 15 is 0 Å². The average Bonchev–Trinajstić information content (AvgIpc) is 2.61. The molecule has 0 aromatic carbocycles. The summed E-state index contributed by atoms with van der Waals surface area (Å²) in [7, 11) is 4.90. The first-order valence-electron chi connectivity index (χ1n) is 9.98. The van der Waals surface area contributed by atoms with Crippen LogP contribution in [0.4, 0.5) is 0 Å². The van der Waals surface area contributed by atoms with Gasteiger partial charge in [-0.3, -0.25) is 0 Å². The molecular formula is C19H43NO3Si. The fourth-order valence-electron chi connectivity index (χ4n) is 3.10. The highest BCUT2D eigenvalue weighted by atomic mass is 28.4. The fourth-order valence-corrected chi connectivity index (χ4v) is 4.81. The summed E-state index contributed by atoms with van der Waals surface area (Å²) in [5.41, 5.74) is 0. The maximum atomic E-state index is 5.46. The second kappa shape index (κ2) is 16.5. The van der Waals surface area contributed by atoms with Crippen molar-refractivity contribution in [3.63, 3.8) is 0 Å². The summed E-state index contributed by atoms with van der Waals surface area (Å²) in [6.45, 7) is 4.56. The quantitative estimate of drug-likeness (QED) is 0.251. The van der Waals surface area contributed by atoms with Crippen molar-refractivity contribution in [2.75, 3.05) is 41.5 Å². The Kier molecular flexibility index (Phi) is 16.6. The van der Waals surface area contributed by atoms with Gasteiger partial charge in [-0.25, -0.2) is 0 Å². The van der Waals surface area contributed by atoms with Crippen LogP contribution in [0.2, 0.25) is 6.04 Å². The van der Waals surface area contributed by atoms with Crippen LogP contribution < -0.4 is 0 Å². The fraction of sp³-hybridized carbons (Fsp3) is 1.00. The molecule has 0 heterocycles. The standard InChI is InChI=1S/C19H43NO3Si/c1-6-7-8-9-10-11-12-13-14-15-17-20(2)18-16-19-24(21-3,22-4)23-5/h6-19H2,1-5H3. The molecule has 0 fully saturated rings. The number of rotatable bonds is 18. The second-order valence-electron chi connectivity index (χ2n) is 6.88. The smallest absolute Gasteiger partial charge is 0.377 e. The summed E-state index contributed by atoms with van der Waals surface area (Å²) in [6.07, 6.45) is 15.0. The Labute approximate surface area is 152 Å². The normalized spacial score (nSPS) is 12.2. The summed E-state index contributed by atoms with van der Waals surface area (Å²) in [5, 5.41) is 0. The zero-order valence-electron chi connectivity index (χ0n) is 17.1. The van der Waals surface area contributed by atoms with Gasteiger partial charge in [0.2, 0.25) is 0 Å². The Morgan fingerprint density at radius 3 is 1.50 bits per heavy atom. The summed E-state index contributed by atoms with van der Waals surface area (Å²) in [4.78, 5) is 2.42. The van der Waals surface area contributed by atoms with Crippen LogP contribution in [0.15, 0.2) is 0 Å². The van der Waals surface area contributed by atoms with E-state index in [0.29, 0.717) is 0 Å². The molecule has 0 aromatic rings. The van der Waals surface area contributed by atoms with Crippen molar-refractivity contribution in [3.05, 3.63) is 0 Å². The van der Waals surface area contributed by atoms with Gasteiger partial charge >= 0.3 is 8.80 Å². The summed E-state index contributed by atoms with van der Waals surface area (Å²) in [5.74, 6) is 0. The maximum absolute atomic E-state index is 5.46. The zero-order valence-corrected chi connectivity index (χ0v) is 18.1. The lowest BCUT2D eigenvalue weighted by Crippen LogP contribution is -2.43. The van der Waals surface area contributed by atoms with Gasteiger partial charge in [0.15, 0.2) is 0 Å². The Balaban J connectivity index is 3.45.